The van der Waals surface area contributed by atoms with Crippen LogP contribution in [0.15, 0.2) is 243 Å². The molecule has 10 aromatic carbocycles. The molecule has 0 aliphatic rings. The minimum absolute atomic E-state index is 1.16. The molecule has 0 spiro atoms. The quantitative estimate of drug-likeness (QED) is 0.112. The van der Waals surface area contributed by atoms with Gasteiger partial charge in [-0.3, -0.25) is 0 Å². The second-order valence-corrected chi connectivity index (χ2v) is 21.7. The molecule has 0 amide bonds. The van der Waals surface area contributed by atoms with E-state index in [-0.39, 0.29) is 0 Å². The first-order valence-corrected chi connectivity index (χ1v) is 24.8. The first-order chi connectivity index (χ1) is 31.8. The SMILES string of the molecule is c1ccc(-c2cccc([Si](c3ccccc3)(c3ccccc3)c3cccc(-n4c5ccccc5c5cc(-n6c7ccccc7c7ccccc76)c6sc7ccccc7c6c54)c3)c2)cc1. The first-order valence-electron chi connectivity index (χ1n) is 22.0. The van der Waals surface area contributed by atoms with Gasteiger partial charge in [0, 0.05) is 42.7 Å². The van der Waals surface area contributed by atoms with E-state index in [0.29, 0.717) is 0 Å². The fourth-order valence-electron chi connectivity index (χ4n) is 10.8. The Balaban J connectivity index is 1.14. The second kappa shape index (κ2) is 14.7. The van der Waals surface area contributed by atoms with Crippen LogP contribution < -0.4 is 20.7 Å². The Hall–Kier alpha value is -7.76. The highest BCUT2D eigenvalue weighted by Gasteiger charge is 2.42. The van der Waals surface area contributed by atoms with Gasteiger partial charge in [-0.05, 0) is 74.3 Å². The zero-order valence-electron chi connectivity index (χ0n) is 34.9. The van der Waals surface area contributed by atoms with E-state index in [1.165, 1.54) is 101 Å². The zero-order valence-corrected chi connectivity index (χ0v) is 36.7. The zero-order chi connectivity index (χ0) is 42.2. The molecule has 13 rings (SSSR count). The van der Waals surface area contributed by atoms with Crippen molar-refractivity contribution in [2.75, 3.05) is 0 Å². The maximum atomic E-state index is 2.57. The van der Waals surface area contributed by atoms with E-state index in [2.05, 4.69) is 252 Å². The summed E-state index contributed by atoms with van der Waals surface area (Å²) < 4.78 is 7.66. The fraction of sp³-hybridized carbons (Fsp3) is 0. The topological polar surface area (TPSA) is 9.86 Å². The number of thiophene rings is 1. The van der Waals surface area contributed by atoms with Crippen LogP contribution in [0.1, 0.15) is 0 Å². The predicted molar refractivity (Wildman–Crippen MR) is 277 cm³/mol. The monoisotopic (exact) mass is 848 g/mol. The average molecular weight is 849 g/mol. The molecule has 64 heavy (non-hydrogen) atoms. The fourth-order valence-corrected chi connectivity index (χ4v) is 16.8. The molecule has 0 saturated heterocycles. The summed E-state index contributed by atoms with van der Waals surface area (Å²) in [5.74, 6) is 0. The highest BCUT2D eigenvalue weighted by Crippen LogP contribution is 2.47. The van der Waals surface area contributed by atoms with Crippen molar-refractivity contribution in [2.45, 2.75) is 0 Å². The smallest absolute Gasteiger partial charge is 0.179 e. The number of nitrogens with zero attached hydrogens (tertiary/aromatic N) is 2. The third-order valence-electron chi connectivity index (χ3n) is 13.4. The van der Waals surface area contributed by atoms with Crippen LogP contribution in [0.4, 0.5) is 0 Å². The summed E-state index contributed by atoms with van der Waals surface area (Å²) in [4.78, 5) is 0. The maximum Gasteiger partial charge on any atom is 0.179 e. The normalized spacial score (nSPS) is 12.1. The van der Waals surface area contributed by atoms with Gasteiger partial charge in [0.05, 0.1) is 32.5 Å². The van der Waals surface area contributed by atoms with E-state index in [1.54, 1.807) is 0 Å². The minimum Gasteiger partial charge on any atom is -0.309 e. The third-order valence-corrected chi connectivity index (χ3v) is 19.4. The largest absolute Gasteiger partial charge is 0.309 e. The van der Waals surface area contributed by atoms with E-state index in [0.717, 1.165) is 5.69 Å². The van der Waals surface area contributed by atoms with E-state index in [9.17, 15) is 0 Å². The van der Waals surface area contributed by atoms with Crippen molar-refractivity contribution in [3.8, 4) is 22.5 Å². The van der Waals surface area contributed by atoms with Crippen LogP contribution >= 0.6 is 11.3 Å². The van der Waals surface area contributed by atoms with Crippen molar-refractivity contribution in [1.82, 2.24) is 9.13 Å². The molecule has 0 bridgehead atoms. The molecule has 0 aliphatic carbocycles. The average Bonchev–Trinajstić information content (AvgIpc) is 4.03. The third kappa shape index (κ3) is 5.43. The molecule has 13 aromatic rings. The Morgan fingerprint density at radius 3 is 1.44 bits per heavy atom. The molecule has 0 atom stereocenters. The molecule has 300 valence electrons. The molecule has 0 unspecified atom stereocenters. The lowest BCUT2D eigenvalue weighted by Gasteiger charge is -2.35. The Bertz CT molecular complexity index is 3810. The summed E-state index contributed by atoms with van der Waals surface area (Å²) in [6, 6.07) is 90.5. The van der Waals surface area contributed by atoms with Gasteiger partial charge >= 0.3 is 0 Å². The Labute approximate surface area is 376 Å². The van der Waals surface area contributed by atoms with Gasteiger partial charge in [-0.25, -0.2) is 0 Å². The molecule has 0 N–H and O–H groups in total. The molecule has 2 nitrogen and oxygen atoms in total. The number of benzene rings is 10. The standard InChI is InChI=1S/C60H40N2SSi/c1-4-20-41(21-5-1)42-22-18-28-46(38-42)64(44-24-6-2-7-25-44,45-26-8-3-9-27-45)47-29-19-23-43(39-47)61-53-34-14-12-32-50(53)52-40-56(60-58(59(52)61)51-33-13-17-37-57(51)63-60)62-54-35-15-10-30-48(54)49-31-11-16-36-55(49)62/h1-40H. The molecule has 0 radical (unpaired) electrons. The van der Waals surface area contributed by atoms with Gasteiger partial charge in [0.2, 0.25) is 0 Å². The van der Waals surface area contributed by atoms with Crippen LogP contribution in [0.3, 0.4) is 0 Å². The number of fused-ring (bicyclic) bond motifs is 10. The summed E-state index contributed by atoms with van der Waals surface area (Å²) in [6.45, 7) is 0. The lowest BCUT2D eigenvalue weighted by atomic mass is 10.1. The van der Waals surface area contributed by atoms with E-state index in [1.807, 2.05) is 11.3 Å². The van der Waals surface area contributed by atoms with Crippen LogP contribution in [0, 0.1) is 0 Å². The van der Waals surface area contributed by atoms with E-state index < -0.39 is 8.07 Å². The molecule has 0 saturated carbocycles. The van der Waals surface area contributed by atoms with Gasteiger partial charge < -0.3 is 9.13 Å². The van der Waals surface area contributed by atoms with Crippen LogP contribution in [0.25, 0.3) is 86.3 Å². The maximum absolute atomic E-state index is 2.94. The van der Waals surface area contributed by atoms with Gasteiger partial charge in [-0.15, -0.1) is 11.3 Å². The summed E-state index contributed by atoms with van der Waals surface area (Å²) in [7, 11) is -2.94. The molecule has 0 aliphatic heterocycles. The predicted octanol–water partition coefficient (Wildman–Crippen LogP) is 13.3. The summed E-state index contributed by atoms with van der Waals surface area (Å²) in [6.07, 6.45) is 0. The van der Waals surface area contributed by atoms with E-state index >= 15 is 0 Å². The van der Waals surface area contributed by atoms with Crippen LogP contribution in [-0.2, 0) is 0 Å². The Kier molecular flexibility index (Phi) is 8.45. The summed E-state index contributed by atoms with van der Waals surface area (Å²) >= 11 is 1.90. The van der Waals surface area contributed by atoms with Gasteiger partial charge in [-0.2, -0.15) is 0 Å². The molecule has 3 heterocycles. The molecular formula is C60H40N2SSi. The van der Waals surface area contributed by atoms with Crippen molar-refractivity contribution in [2.24, 2.45) is 0 Å². The van der Waals surface area contributed by atoms with Gasteiger partial charge in [0.15, 0.2) is 8.07 Å². The number of para-hydroxylation sites is 3. The second-order valence-electron chi connectivity index (χ2n) is 16.8. The highest BCUT2D eigenvalue weighted by molar-refractivity contribution is 7.26. The molecule has 3 aromatic heterocycles. The van der Waals surface area contributed by atoms with Crippen LogP contribution in [0.5, 0.6) is 0 Å². The lowest BCUT2D eigenvalue weighted by molar-refractivity contribution is 1.18. The molecule has 0 fully saturated rings. The van der Waals surface area contributed by atoms with Gasteiger partial charge in [0.1, 0.15) is 0 Å². The Morgan fingerprint density at radius 2 is 0.797 bits per heavy atom. The van der Waals surface area contributed by atoms with Crippen molar-refractivity contribution >= 4 is 104 Å². The van der Waals surface area contributed by atoms with Crippen molar-refractivity contribution in [3.05, 3.63) is 243 Å². The minimum atomic E-state index is -2.94. The number of rotatable bonds is 7. The van der Waals surface area contributed by atoms with Crippen molar-refractivity contribution in [3.63, 3.8) is 0 Å². The Morgan fingerprint density at radius 1 is 0.328 bits per heavy atom. The number of aromatic nitrogens is 2. The lowest BCUT2D eigenvalue weighted by Crippen LogP contribution is -2.74. The van der Waals surface area contributed by atoms with Crippen LogP contribution in [0.2, 0.25) is 0 Å². The van der Waals surface area contributed by atoms with Crippen molar-refractivity contribution in [1.29, 1.82) is 0 Å². The number of hydrogen-bond acceptors (Lipinski definition) is 1. The molecule has 4 heteroatoms. The van der Waals surface area contributed by atoms with Crippen LogP contribution in [-0.4, -0.2) is 17.2 Å². The summed E-state index contributed by atoms with van der Waals surface area (Å²) in [5.41, 5.74) is 9.71. The summed E-state index contributed by atoms with van der Waals surface area (Å²) in [5, 5.41) is 13.0. The molecular weight excluding hydrogens is 809 g/mol. The van der Waals surface area contributed by atoms with Gasteiger partial charge in [0.25, 0.3) is 0 Å². The number of hydrogen-bond donors (Lipinski definition) is 0. The van der Waals surface area contributed by atoms with Crippen molar-refractivity contribution < 1.29 is 0 Å². The first kappa shape index (κ1) is 36.9. The van der Waals surface area contributed by atoms with E-state index in [4.69, 9.17) is 0 Å². The van der Waals surface area contributed by atoms with Gasteiger partial charge in [-0.1, -0.05) is 200 Å². The highest BCUT2D eigenvalue weighted by atomic mass is 32.1.